The van der Waals surface area contributed by atoms with Crippen LogP contribution in [0.5, 0.6) is 0 Å². The van der Waals surface area contributed by atoms with Gasteiger partial charge in [-0.05, 0) is 55.2 Å². The normalized spacial score (nSPS) is 17.1. The standard InChI is InChI=1S/C19H20FNO2/c1-19(23)9-11-21(12-10-19)18(22)15-7-5-14(6-8-15)16-3-2-4-17(20)13-16/h2-8,13,23H,9-12H2,1H3. The SMILES string of the molecule is CC1(O)CCN(C(=O)c2ccc(-c3cccc(F)c3)cc2)CC1. The van der Waals surface area contributed by atoms with E-state index in [0.29, 0.717) is 31.5 Å². The summed E-state index contributed by atoms with van der Waals surface area (Å²) in [6.07, 6.45) is 1.19. The van der Waals surface area contributed by atoms with E-state index in [1.165, 1.54) is 12.1 Å². The first-order chi connectivity index (χ1) is 10.9. The highest BCUT2D eigenvalue weighted by molar-refractivity contribution is 5.94. The molecule has 0 unspecified atom stereocenters. The topological polar surface area (TPSA) is 40.5 Å². The van der Waals surface area contributed by atoms with Crippen molar-refractivity contribution in [1.82, 2.24) is 4.90 Å². The minimum Gasteiger partial charge on any atom is -0.390 e. The van der Waals surface area contributed by atoms with Crippen LogP contribution < -0.4 is 0 Å². The van der Waals surface area contributed by atoms with E-state index in [-0.39, 0.29) is 11.7 Å². The van der Waals surface area contributed by atoms with Gasteiger partial charge in [-0.25, -0.2) is 4.39 Å². The highest BCUT2D eigenvalue weighted by Gasteiger charge is 2.29. The van der Waals surface area contributed by atoms with E-state index >= 15 is 0 Å². The molecule has 1 amide bonds. The molecule has 120 valence electrons. The van der Waals surface area contributed by atoms with E-state index in [9.17, 15) is 14.3 Å². The van der Waals surface area contributed by atoms with Gasteiger partial charge in [0, 0.05) is 18.7 Å². The number of piperidine rings is 1. The van der Waals surface area contributed by atoms with Gasteiger partial charge in [0.1, 0.15) is 5.82 Å². The first-order valence-corrected chi connectivity index (χ1v) is 7.82. The third-order valence-corrected chi connectivity index (χ3v) is 4.42. The van der Waals surface area contributed by atoms with E-state index in [1.807, 2.05) is 25.1 Å². The lowest BCUT2D eigenvalue weighted by Crippen LogP contribution is -2.45. The molecule has 0 radical (unpaired) electrons. The fourth-order valence-corrected chi connectivity index (χ4v) is 2.85. The maximum Gasteiger partial charge on any atom is 0.253 e. The Balaban J connectivity index is 1.73. The summed E-state index contributed by atoms with van der Waals surface area (Å²) in [5.74, 6) is -0.297. The predicted octanol–water partition coefficient (Wildman–Crippen LogP) is 3.48. The fourth-order valence-electron chi connectivity index (χ4n) is 2.85. The summed E-state index contributed by atoms with van der Waals surface area (Å²) >= 11 is 0. The molecule has 0 atom stereocenters. The van der Waals surface area contributed by atoms with E-state index in [1.54, 1.807) is 23.1 Å². The second-order valence-electron chi connectivity index (χ2n) is 6.38. The van der Waals surface area contributed by atoms with Gasteiger partial charge in [-0.2, -0.15) is 0 Å². The van der Waals surface area contributed by atoms with Crippen molar-refractivity contribution in [3.8, 4) is 11.1 Å². The molecule has 3 nitrogen and oxygen atoms in total. The summed E-state index contributed by atoms with van der Waals surface area (Å²) in [6, 6.07) is 13.6. The monoisotopic (exact) mass is 313 g/mol. The minimum absolute atomic E-state index is 0.0220. The van der Waals surface area contributed by atoms with Crippen molar-refractivity contribution in [3.63, 3.8) is 0 Å². The number of hydrogen-bond donors (Lipinski definition) is 1. The maximum atomic E-state index is 13.3. The number of aliphatic hydroxyl groups is 1. The number of likely N-dealkylation sites (tertiary alicyclic amines) is 1. The van der Waals surface area contributed by atoms with Crippen LogP contribution >= 0.6 is 0 Å². The Bertz CT molecular complexity index is 700. The van der Waals surface area contributed by atoms with Gasteiger partial charge in [0.15, 0.2) is 0 Å². The van der Waals surface area contributed by atoms with Crippen molar-refractivity contribution < 1.29 is 14.3 Å². The van der Waals surface area contributed by atoms with Crippen LogP contribution in [0.2, 0.25) is 0 Å². The smallest absolute Gasteiger partial charge is 0.253 e. The molecule has 3 rings (SSSR count). The summed E-state index contributed by atoms with van der Waals surface area (Å²) in [7, 11) is 0. The number of amides is 1. The third kappa shape index (κ3) is 3.59. The molecule has 0 spiro atoms. The molecule has 0 aliphatic carbocycles. The maximum absolute atomic E-state index is 13.3. The fraction of sp³-hybridized carbons (Fsp3) is 0.316. The predicted molar refractivity (Wildman–Crippen MR) is 87.6 cm³/mol. The van der Waals surface area contributed by atoms with Crippen molar-refractivity contribution in [1.29, 1.82) is 0 Å². The van der Waals surface area contributed by atoms with Gasteiger partial charge >= 0.3 is 0 Å². The number of carbonyl (C=O) groups excluding carboxylic acids is 1. The molecular weight excluding hydrogens is 293 g/mol. The zero-order chi connectivity index (χ0) is 16.4. The molecule has 1 N–H and O–H groups in total. The highest BCUT2D eigenvalue weighted by Crippen LogP contribution is 2.24. The van der Waals surface area contributed by atoms with Crippen molar-refractivity contribution >= 4 is 5.91 Å². The van der Waals surface area contributed by atoms with E-state index in [4.69, 9.17) is 0 Å². The first-order valence-electron chi connectivity index (χ1n) is 7.82. The molecule has 1 saturated heterocycles. The van der Waals surface area contributed by atoms with E-state index in [2.05, 4.69) is 0 Å². The summed E-state index contributed by atoms with van der Waals surface area (Å²) in [6.45, 7) is 2.94. The van der Waals surface area contributed by atoms with Crippen molar-refractivity contribution in [2.24, 2.45) is 0 Å². The minimum atomic E-state index is -0.669. The second kappa shape index (κ2) is 6.13. The number of halogens is 1. The lowest BCUT2D eigenvalue weighted by molar-refractivity contribution is -0.00202. The number of benzene rings is 2. The van der Waals surface area contributed by atoms with Crippen molar-refractivity contribution in [2.75, 3.05) is 13.1 Å². The lowest BCUT2D eigenvalue weighted by atomic mass is 9.93. The van der Waals surface area contributed by atoms with Crippen molar-refractivity contribution in [2.45, 2.75) is 25.4 Å². The highest BCUT2D eigenvalue weighted by atomic mass is 19.1. The van der Waals surface area contributed by atoms with Gasteiger partial charge in [-0.15, -0.1) is 0 Å². The molecule has 0 bridgehead atoms. The average Bonchev–Trinajstić information content (AvgIpc) is 2.54. The number of hydrogen-bond acceptors (Lipinski definition) is 2. The summed E-state index contributed by atoms with van der Waals surface area (Å²) in [5.41, 5.74) is 1.62. The van der Waals surface area contributed by atoms with Crippen LogP contribution in [-0.4, -0.2) is 34.6 Å². The second-order valence-corrected chi connectivity index (χ2v) is 6.38. The molecule has 1 aliphatic heterocycles. The van der Waals surface area contributed by atoms with E-state index in [0.717, 1.165) is 11.1 Å². The zero-order valence-corrected chi connectivity index (χ0v) is 13.1. The molecular formula is C19H20FNO2. The van der Waals surface area contributed by atoms with Gasteiger partial charge in [-0.3, -0.25) is 4.79 Å². The molecule has 2 aromatic rings. The number of rotatable bonds is 2. The molecule has 2 aromatic carbocycles. The quantitative estimate of drug-likeness (QED) is 0.922. The van der Waals surface area contributed by atoms with Crippen LogP contribution in [0.3, 0.4) is 0 Å². The van der Waals surface area contributed by atoms with Crippen LogP contribution in [0, 0.1) is 5.82 Å². The Morgan fingerprint density at radius 1 is 1.09 bits per heavy atom. The van der Waals surface area contributed by atoms with Crippen LogP contribution in [0.4, 0.5) is 4.39 Å². The summed E-state index contributed by atoms with van der Waals surface area (Å²) < 4.78 is 13.3. The Morgan fingerprint density at radius 2 is 1.74 bits per heavy atom. The molecule has 1 aliphatic rings. The molecule has 1 heterocycles. The first kappa shape index (κ1) is 15.7. The molecule has 0 aromatic heterocycles. The van der Waals surface area contributed by atoms with Gasteiger partial charge < -0.3 is 10.0 Å². The van der Waals surface area contributed by atoms with Gasteiger partial charge in [0.2, 0.25) is 0 Å². The number of nitrogens with zero attached hydrogens (tertiary/aromatic N) is 1. The molecule has 23 heavy (non-hydrogen) atoms. The Morgan fingerprint density at radius 3 is 2.35 bits per heavy atom. The van der Waals surface area contributed by atoms with Crippen LogP contribution in [0.25, 0.3) is 11.1 Å². The summed E-state index contributed by atoms with van der Waals surface area (Å²) in [4.78, 5) is 14.3. The third-order valence-electron chi connectivity index (χ3n) is 4.42. The van der Waals surface area contributed by atoms with Crippen LogP contribution in [-0.2, 0) is 0 Å². The van der Waals surface area contributed by atoms with Gasteiger partial charge in [-0.1, -0.05) is 24.3 Å². The number of carbonyl (C=O) groups is 1. The Hall–Kier alpha value is -2.20. The van der Waals surface area contributed by atoms with Crippen LogP contribution in [0.1, 0.15) is 30.1 Å². The molecule has 0 saturated carbocycles. The molecule has 1 fully saturated rings. The Labute approximate surface area is 135 Å². The summed E-state index contributed by atoms with van der Waals surface area (Å²) in [5, 5.41) is 9.96. The zero-order valence-electron chi connectivity index (χ0n) is 13.1. The molecule has 4 heteroatoms. The van der Waals surface area contributed by atoms with Gasteiger partial charge in [0.05, 0.1) is 5.60 Å². The van der Waals surface area contributed by atoms with Gasteiger partial charge in [0.25, 0.3) is 5.91 Å². The average molecular weight is 313 g/mol. The van der Waals surface area contributed by atoms with Crippen molar-refractivity contribution in [3.05, 3.63) is 59.9 Å². The Kier molecular flexibility index (Phi) is 4.18. The lowest BCUT2D eigenvalue weighted by Gasteiger charge is -2.35. The van der Waals surface area contributed by atoms with Crippen LogP contribution in [0.15, 0.2) is 48.5 Å². The van der Waals surface area contributed by atoms with E-state index < -0.39 is 5.60 Å². The largest absolute Gasteiger partial charge is 0.390 e.